The van der Waals surface area contributed by atoms with Crippen LogP contribution in [0.5, 0.6) is 0 Å². The van der Waals surface area contributed by atoms with Gasteiger partial charge < -0.3 is 19.3 Å². The summed E-state index contributed by atoms with van der Waals surface area (Å²) in [5.41, 5.74) is 0. The Bertz CT molecular complexity index is 454. The highest BCUT2D eigenvalue weighted by Gasteiger charge is 2.35. The number of likely N-dealkylation sites (tertiary alicyclic amines) is 2. The molecule has 6 nitrogen and oxygen atoms in total. The van der Waals surface area contributed by atoms with Gasteiger partial charge in [0.15, 0.2) is 6.29 Å². The number of nitrogens with zero attached hydrogens (tertiary/aromatic N) is 2. The third kappa shape index (κ3) is 3.75. The summed E-state index contributed by atoms with van der Waals surface area (Å²) < 4.78 is 11.2. The van der Waals surface area contributed by atoms with Gasteiger partial charge in [0.05, 0.1) is 13.2 Å². The topological polar surface area (TPSA) is 59.1 Å². The lowest BCUT2D eigenvalue weighted by atomic mass is 9.92. The highest BCUT2D eigenvalue weighted by Crippen LogP contribution is 2.27. The van der Waals surface area contributed by atoms with Crippen LogP contribution in [0.3, 0.4) is 0 Å². The van der Waals surface area contributed by atoms with Crippen molar-refractivity contribution >= 4 is 11.8 Å². The Hall–Kier alpha value is -1.40. The van der Waals surface area contributed by atoms with Gasteiger partial charge in [-0.3, -0.25) is 9.59 Å². The Balaban J connectivity index is 1.51. The van der Waals surface area contributed by atoms with Crippen LogP contribution in [0.25, 0.3) is 0 Å². The third-order valence-corrected chi connectivity index (χ3v) is 5.13. The van der Waals surface area contributed by atoms with Crippen LogP contribution in [-0.2, 0) is 19.1 Å². The molecular formula is C17H26N2O4. The SMILES string of the molecule is C=CC(=O)N1CCC(C(=O)N2CCCC(C3OCCO3)C2)CC1. The molecule has 0 spiro atoms. The molecule has 0 bridgehead atoms. The Morgan fingerprint density at radius 2 is 1.70 bits per heavy atom. The molecule has 0 aromatic carbocycles. The van der Waals surface area contributed by atoms with Crippen LogP contribution in [0.15, 0.2) is 12.7 Å². The van der Waals surface area contributed by atoms with Gasteiger partial charge in [0, 0.05) is 38.0 Å². The first-order valence-electron chi connectivity index (χ1n) is 8.62. The minimum absolute atomic E-state index is 0.0352. The number of hydrogen-bond acceptors (Lipinski definition) is 4. The van der Waals surface area contributed by atoms with Gasteiger partial charge in [-0.1, -0.05) is 6.58 Å². The van der Waals surface area contributed by atoms with Gasteiger partial charge in [-0.15, -0.1) is 0 Å². The van der Waals surface area contributed by atoms with Crippen molar-refractivity contribution in [2.45, 2.75) is 32.0 Å². The summed E-state index contributed by atoms with van der Waals surface area (Å²) in [7, 11) is 0. The van der Waals surface area contributed by atoms with Gasteiger partial charge >= 0.3 is 0 Å². The van der Waals surface area contributed by atoms with E-state index in [4.69, 9.17) is 9.47 Å². The Labute approximate surface area is 137 Å². The smallest absolute Gasteiger partial charge is 0.245 e. The molecule has 0 radical (unpaired) electrons. The molecule has 128 valence electrons. The number of ether oxygens (including phenoxy) is 2. The van der Waals surface area contributed by atoms with Crippen molar-refractivity contribution in [2.75, 3.05) is 39.4 Å². The fourth-order valence-corrected chi connectivity index (χ4v) is 3.82. The molecule has 3 fully saturated rings. The Kier molecular flexibility index (Phi) is 5.33. The van der Waals surface area contributed by atoms with Crippen LogP contribution >= 0.6 is 0 Å². The molecule has 3 rings (SSSR count). The molecule has 23 heavy (non-hydrogen) atoms. The summed E-state index contributed by atoms with van der Waals surface area (Å²) in [5, 5.41) is 0. The van der Waals surface area contributed by atoms with E-state index >= 15 is 0 Å². The number of rotatable bonds is 3. The summed E-state index contributed by atoms with van der Waals surface area (Å²) in [5.74, 6) is 0.522. The number of amides is 2. The average Bonchev–Trinajstić information content (AvgIpc) is 3.15. The summed E-state index contributed by atoms with van der Waals surface area (Å²) in [6.45, 7) is 7.69. The Morgan fingerprint density at radius 1 is 1.00 bits per heavy atom. The van der Waals surface area contributed by atoms with E-state index in [2.05, 4.69) is 6.58 Å². The summed E-state index contributed by atoms with van der Waals surface area (Å²) in [6, 6.07) is 0. The first kappa shape index (κ1) is 16.5. The first-order chi connectivity index (χ1) is 11.2. The van der Waals surface area contributed by atoms with Crippen molar-refractivity contribution in [3.63, 3.8) is 0 Å². The minimum atomic E-state index is -0.141. The molecule has 0 saturated carbocycles. The molecule has 1 atom stereocenters. The molecule has 3 saturated heterocycles. The second-order valence-corrected chi connectivity index (χ2v) is 6.60. The maximum atomic E-state index is 12.8. The quantitative estimate of drug-likeness (QED) is 0.728. The highest BCUT2D eigenvalue weighted by atomic mass is 16.7. The highest BCUT2D eigenvalue weighted by molar-refractivity contribution is 5.87. The molecule has 3 heterocycles. The monoisotopic (exact) mass is 322 g/mol. The van der Waals surface area contributed by atoms with E-state index in [1.807, 2.05) is 4.90 Å². The minimum Gasteiger partial charge on any atom is -0.350 e. The lowest BCUT2D eigenvalue weighted by Crippen LogP contribution is -2.48. The second kappa shape index (κ2) is 7.45. The van der Waals surface area contributed by atoms with Gasteiger partial charge in [-0.05, 0) is 31.8 Å². The van der Waals surface area contributed by atoms with Crippen molar-refractivity contribution in [1.29, 1.82) is 0 Å². The van der Waals surface area contributed by atoms with Gasteiger partial charge in [-0.2, -0.15) is 0 Å². The summed E-state index contributed by atoms with van der Waals surface area (Å²) in [4.78, 5) is 28.2. The molecule has 0 aromatic heterocycles. The number of carbonyl (C=O) groups is 2. The van der Waals surface area contributed by atoms with E-state index in [1.54, 1.807) is 4.90 Å². The van der Waals surface area contributed by atoms with E-state index in [9.17, 15) is 9.59 Å². The van der Waals surface area contributed by atoms with Crippen molar-refractivity contribution in [3.05, 3.63) is 12.7 Å². The number of hydrogen-bond donors (Lipinski definition) is 0. The zero-order chi connectivity index (χ0) is 16.2. The lowest BCUT2D eigenvalue weighted by Gasteiger charge is -2.38. The lowest BCUT2D eigenvalue weighted by molar-refractivity contribution is -0.146. The molecule has 1 unspecified atom stereocenters. The number of piperidine rings is 2. The zero-order valence-corrected chi connectivity index (χ0v) is 13.6. The van der Waals surface area contributed by atoms with E-state index in [-0.39, 0.29) is 29.9 Å². The Morgan fingerprint density at radius 3 is 2.35 bits per heavy atom. The zero-order valence-electron chi connectivity index (χ0n) is 13.6. The van der Waals surface area contributed by atoms with Crippen LogP contribution in [0.1, 0.15) is 25.7 Å². The van der Waals surface area contributed by atoms with E-state index in [0.29, 0.717) is 26.3 Å². The second-order valence-electron chi connectivity index (χ2n) is 6.60. The molecule has 0 aromatic rings. The van der Waals surface area contributed by atoms with Gasteiger partial charge in [0.2, 0.25) is 11.8 Å². The van der Waals surface area contributed by atoms with Crippen LogP contribution in [0.2, 0.25) is 0 Å². The van der Waals surface area contributed by atoms with E-state index < -0.39 is 0 Å². The maximum Gasteiger partial charge on any atom is 0.245 e. The third-order valence-electron chi connectivity index (χ3n) is 5.13. The van der Waals surface area contributed by atoms with Crippen molar-refractivity contribution in [2.24, 2.45) is 11.8 Å². The number of carbonyl (C=O) groups excluding carboxylic acids is 2. The molecule has 6 heteroatoms. The van der Waals surface area contributed by atoms with Crippen LogP contribution in [0, 0.1) is 11.8 Å². The molecule has 2 amide bonds. The van der Waals surface area contributed by atoms with Crippen LogP contribution in [-0.4, -0.2) is 67.3 Å². The van der Waals surface area contributed by atoms with Gasteiger partial charge in [-0.25, -0.2) is 0 Å². The molecule has 0 aliphatic carbocycles. The molecular weight excluding hydrogens is 296 g/mol. The predicted molar refractivity (Wildman–Crippen MR) is 84.5 cm³/mol. The standard InChI is InChI=1S/C17H26N2O4/c1-2-15(20)18-8-5-13(6-9-18)16(21)19-7-3-4-14(12-19)17-22-10-11-23-17/h2,13-14,17H,1,3-12H2. The van der Waals surface area contributed by atoms with Crippen LogP contribution in [0.4, 0.5) is 0 Å². The molecule has 3 aliphatic heterocycles. The van der Waals surface area contributed by atoms with Crippen molar-refractivity contribution < 1.29 is 19.1 Å². The summed E-state index contributed by atoms with van der Waals surface area (Å²) in [6.07, 6.45) is 4.76. The van der Waals surface area contributed by atoms with Crippen molar-refractivity contribution in [3.8, 4) is 0 Å². The van der Waals surface area contributed by atoms with E-state index in [0.717, 1.165) is 38.8 Å². The van der Waals surface area contributed by atoms with E-state index in [1.165, 1.54) is 6.08 Å². The fourth-order valence-electron chi connectivity index (χ4n) is 3.82. The van der Waals surface area contributed by atoms with Crippen molar-refractivity contribution in [1.82, 2.24) is 9.80 Å². The summed E-state index contributed by atoms with van der Waals surface area (Å²) >= 11 is 0. The van der Waals surface area contributed by atoms with Gasteiger partial charge in [0.25, 0.3) is 0 Å². The van der Waals surface area contributed by atoms with Crippen LogP contribution < -0.4 is 0 Å². The molecule has 0 N–H and O–H groups in total. The largest absolute Gasteiger partial charge is 0.350 e. The fraction of sp³-hybridized carbons (Fsp3) is 0.765. The normalized spacial score (nSPS) is 27.2. The maximum absolute atomic E-state index is 12.8. The average molecular weight is 322 g/mol. The predicted octanol–water partition coefficient (Wildman–Crippen LogP) is 1.02. The first-order valence-corrected chi connectivity index (χ1v) is 8.62. The van der Waals surface area contributed by atoms with Gasteiger partial charge in [0.1, 0.15) is 0 Å². The molecule has 3 aliphatic rings.